The molecular formula is C23H48. The summed E-state index contributed by atoms with van der Waals surface area (Å²) in [6, 6.07) is 10.5. The molecule has 1 saturated carbocycles. The lowest BCUT2D eigenvalue weighted by Gasteiger charge is -2.18. The lowest BCUT2D eigenvalue weighted by Crippen LogP contribution is -2.03. The van der Waals surface area contributed by atoms with Gasteiger partial charge in [-0.25, -0.2) is 0 Å². The largest absolute Gasteiger partial charge is 0.0776 e. The van der Waals surface area contributed by atoms with Gasteiger partial charge in [0.15, 0.2) is 0 Å². The topological polar surface area (TPSA) is 0 Å². The standard InChI is InChI=1S/C8H16.C8H10.2C3H8.CH4.H2/c2*1-2-8-6-4-3-5-7-8;2*1-3-2;;/h8H,2-7H2,1H3;3-7H,2H2,1H3;2*3H2,1-2H3;1H4;1H. The average Bonchev–Trinajstić information content (AvgIpc) is 2.58. The molecule has 0 nitrogen and oxygen atoms in total. The van der Waals surface area contributed by atoms with Crippen molar-refractivity contribution in [2.24, 2.45) is 5.92 Å². The lowest BCUT2D eigenvalue weighted by molar-refractivity contribution is 0.349. The molecule has 0 radical (unpaired) electrons. The summed E-state index contributed by atoms with van der Waals surface area (Å²) in [5.74, 6) is 1.09. The molecule has 0 heterocycles. The van der Waals surface area contributed by atoms with Crippen LogP contribution < -0.4 is 0 Å². The predicted molar refractivity (Wildman–Crippen MR) is 113 cm³/mol. The molecule has 1 aromatic rings. The molecule has 0 unspecified atom stereocenters. The van der Waals surface area contributed by atoms with Gasteiger partial charge in [-0.2, -0.15) is 0 Å². The van der Waals surface area contributed by atoms with Crippen LogP contribution in [0, 0.1) is 5.92 Å². The SMILES string of the molecule is C.CCC.CCC.CCC1CCCCC1.CCc1ccccc1.[HH]. The molecule has 1 fully saturated rings. The van der Waals surface area contributed by atoms with Gasteiger partial charge in [0.05, 0.1) is 0 Å². The Hall–Kier alpha value is -0.780. The monoisotopic (exact) mass is 324 g/mol. The Morgan fingerprint density at radius 3 is 1.48 bits per heavy atom. The summed E-state index contributed by atoms with van der Waals surface area (Å²) in [4.78, 5) is 0. The maximum atomic E-state index is 2.32. The maximum Gasteiger partial charge on any atom is 0 e. The van der Waals surface area contributed by atoms with Gasteiger partial charge in [-0.3, -0.25) is 0 Å². The molecule has 1 aliphatic rings. The van der Waals surface area contributed by atoms with Crippen molar-refractivity contribution in [1.82, 2.24) is 0 Å². The Morgan fingerprint density at radius 2 is 1.22 bits per heavy atom. The minimum absolute atomic E-state index is 0. The minimum atomic E-state index is 0. The Morgan fingerprint density at radius 1 is 0.783 bits per heavy atom. The fraction of sp³-hybridized carbons (Fsp3) is 0.739. The van der Waals surface area contributed by atoms with Crippen molar-refractivity contribution in [2.45, 2.75) is 107 Å². The van der Waals surface area contributed by atoms with Crippen LogP contribution in [0.5, 0.6) is 0 Å². The highest BCUT2D eigenvalue weighted by Crippen LogP contribution is 2.25. The third kappa shape index (κ3) is 21.2. The first kappa shape index (κ1) is 27.1. The van der Waals surface area contributed by atoms with Crippen LogP contribution in [-0.2, 0) is 6.42 Å². The Kier molecular flexibility index (Phi) is 27.7. The number of hydrogen-bond donors (Lipinski definition) is 0. The van der Waals surface area contributed by atoms with E-state index in [0.717, 1.165) is 12.3 Å². The summed E-state index contributed by atoms with van der Waals surface area (Å²) in [7, 11) is 0. The van der Waals surface area contributed by atoms with Gasteiger partial charge >= 0.3 is 0 Å². The molecule has 0 heteroatoms. The first-order valence-corrected chi connectivity index (χ1v) is 9.73. The van der Waals surface area contributed by atoms with Gasteiger partial charge in [0.1, 0.15) is 0 Å². The zero-order chi connectivity index (χ0) is 17.1. The van der Waals surface area contributed by atoms with Crippen molar-refractivity contribution >= 4 is 0 Å². The van der Waals surface area contributed by atoms with E-state index in [1.165, 1.54) is 56.9 Å². The molecule has 1 aliphatic carbocycles. The smallest absolute Gasteiger partial charge is 0 e. The molecular weight excluding hydrogens is 276 g/mol. The molecule has 23 heavy (non-hydrogen) atoms. The molecule has 0 amide bonds. The molecule has 1 aromatic carbocycles. The van der Waals surface area contributed by atoms with Crippen LogP contribution in [0.3, 0.4) is 0 Å². The normalized spacial score (nSPS) is 13.0. The average molecular weight is 325 g/mol. The molecule has 0 bridgehead atoms. The molecule has 0 atom stereocenters. The fourth-order valence-electron chi connectivity index (χ4n) is 2.31. The second kappa shape index (κ2) is 23.5. The maximum absolute atomic E-state index is 2.32. The molecule has 0 N–H and O–H groups in total. The number of hydrogen-bond acceptors (Lipinski definition) is 0. The third-order valence-corrected chi connectivity index (χ3v) is 3.55. The molecule has 2 rings (SSSR count). The van der Waals surface area contributed by atoms with Crippen LogP contribution in [0.15, 0.2) is 30.3 Å². The summed E-state index contributed by atoms with van der Waals surface area (Å²) >= 11 is 0. The number of aryl methyl sites for hydroxylation is 1. The Bertz CT molecular complexity index is 273. The summed E-state index contributed by atoms with van der Waals surface area (Å²) < 4.78 is 0. The lowest BCUT2D eigenvalue weighted by atomic mass is 9.88. The highest BCUT2D eigenvalue weighted by Gasteiger charge is 2.09. The molecule has 0 spiro atoms. The first-order valence-electron chi connectivity index (χ1n) is 9.73. The molecule has 0 aliphatic heterocycles. The third-order valence-electron chi connectivity index (χ3n) is 3.55. The van der Waals surface area contributed by atoms with Gasteiger partial charge in [0, 0.05) is 1.43 Å². The van der Waals surface area contributed by atoms with Crippen molar-refractivity contribution in [3.8, 4) is 0 Å². The Labute approximate surface area is 150 Å². The van der Waals surface area contributed by atoms with Crippen molar-refractivity contribution < 1.29 is 1.43 Å². The summed E-state index contributed by atoms with van der Waals surface area (Å²) in [6.45, 7) is 13.0. The number of benzene rings is 1. The van der Waals surface area contributed by atoms with Gasteiger partial charge in [-0.05, 0) is 17.9 Å². The second-order valence-corrected chi connectivity index (χ2v) is 6.17. The quantitative estimate of drug-likeness (QED) is 0.509. The van der Waals surface area contributed by atoms with E-state index in [1.54, 1.807) is 0 Å². The van der Waals surface area contributed by atoms with E-state index >= 15 is 0 Å². The van der Waals surface area contributed by atoms with Gasteiger partial charge in [0.2, 0.25) is 0 Å². The van der Waals surface area contributed by atoms with Crippen molar-refractivity contribution in [1.29, 1.82) is 0 Å². The zero-order valence-corrected chi connectivity index (χ0v) is 16.3. The van der Waals surface area contributed by atoms with Crippen LogP contribution >= 0.6 is 0 Å². The van der Waals surface area contributed by atoms with Gasteiger partial charge in [-0.1, -0.05) is 131 Å². The summed E-state index contributed by atoms with van der Waals surface area (Å²) in [5.41, 5.74) is 1.41. The van der Waals surface area contributed by atoms with Crippen LogP contribution in [-0.4, -0.2) is 0 Å². The van der Waals surface area contributed by atoms with Crippen molar-refractivity contribution in [3.05, 3.63) is 35.9 Å². The van der Waals surface area contributed by atoms with Crippen LogP contribution in [0.25, 0.3) is 0 Å². The van der Waals surface area contributed by atoms with E-state index in [4.69, 9.17) is 0 Å². The zero-order valence-electron chi connectivity index (χ0n) is 16.3. The van der Waals surface area contributed by atoms with E-state index in [0.29, 0.717) is 0 Å². The molecule has 0 saturated heterocycles. The van der Waals surface area contributed by atoms with E-state index < -0.39 is 0 Å². The van der Waals surface area contributed by atoms with Gasteiger partial charge in [0.25, 0.3) is 0 Å². The second-order valence-electron chi connectivity index (χ2n) is 6.17. The fourth-order valence-corrected chi connectivity index (χ4v) is 2.31. The van der Waals surface area contributed by atoms with E-state index in [9.17, 15) is 0 Å². The van der Waals surface area contributed by atoms with E-state index in [-0.39, 0.29) is 8.85 Å². The summed E-state index contributed by atoms with van der Waals surface area (Å²) in [6.07, 6.45) is 12.6. The molecule has 140 valence electrons. The van der Waals surface area contributed by atoms with E-state index in [1.807, 2.05) is 6.07 Å². The highest BCUT2D eigenvalue weighted by atomic mass is 14.2. The van der Waals surface area contributed by atoms with E-state index in [2.05, 4.69) is 65.8 Å². The molecule has 0 aromatic heterocycles. The van der Waals surface area contributed by atoms with Crippen LogP contribution in [0.1, 0.15) is 107 Å². The Balaban J connectivity index is -0.000000119. The van der Waals surface area contributed by atoms with Crippen molar-refractivity contribution in [2.75, 3.05) is 0 Å². The highest BCUT2D eigenvalue weighted by molar-refractivity contribution is 5.13. The minimum Gasteiger partial charge on any atom is -0.0776 e. The van der Waals surface area contributed by atoms with Crippen molar-refractivity contribution in [3.63, 3.8) is 0 Å². The number of rotatable bonds is 2. The van der Waals surface area contributed by atoms with Crippen LogP contribution in [0.2, 0.25) is 0 Å². The first-order chi connectivity index (χ1) is 10.7. The van der Waals surface area contributed by atoms with Gasteiger partial charge < -0.3 is 0 Å². The summed E-state index contributed by atoms with van der Waals surface area (Å²) in [5, 5.41) is 0. The van der Waals surface area contributed by atoms with Gasteiger partial charge in [-0.15, -0.1) is 0 Å². The predicted octanol–water partition coefficient (Wildman–Crippen LogP) is 8.94. The van der Waals surface area contributed by atoms with Crippen LogP contribution in [0.4, 0.5) is 0 Å².